The van der Waals surface area contributed by atoms with Gasteiger partial charge in [0.05, 0.1) is 12.3 Å². The first-order valence-corrected chi connectivity index (χ1v) is 3.60. The maximum absolute atomic E-state index is 13.2. The topological polar surface area (TPSA) is 21.6 Å². The molecular formula is C8H6FNOS. The highest BCUT2D eigenvalue weighted by Crippen LogP contribution is 2.25. The average molecular weight is 183 g/mol. The van der Waals surface area contributed by atoms with Gasteiger partial charge in [-0.2, -0.15) is 4.99 Å². The summed E-state index contributed by atoms with van der Waals surface area (Å²) in [6.07, 6.45) is 0. The quantitative estimate of drug-likeness (QED) is 0.519. The largest absolute Gasteiger partial charge is 0.494 e. The summed E-state index contributed by atoms with van der Waals surface area (Å²) in [7, 11) is 1.39. The molecule has 4 heteroatoms. The highest BCUT2D eigenvalue weighted by Gasteiger charge is 2.05. The van der Waals surface area contributed by atoms with Gasteiger partial charge < -0.3 is 4.74 Å². The van der Waals surface area contributed by atoms with Crippen molar-refractivity contribution in [1.29, 1.82) is 0 Å². The molecule has 0 heterocycles. The molecule has 2 nitrogen and oxygen atoms in total. The first-order valence-electron chi connectivity index (χ1n) is 3.20. The number of halogens is 1. The van der Waals surface area contributed by atoms with E-state index in [1.807, 2.05) is 0 Å². The molecule has 1 rings (SSSR count). The minimum atomic E-state index is -0.516. The number of thiocarbonyl (C=S) groups is 1. The van der Waals surface area contributed by atoms with Gasteiger partial charge in [-0.1, -0.05) is 6.07 Å². The second kappa shape index (κ2) is 3.95. The van der Waals surface area contributed by atoms with Gasteiger partial charge in [-0.3, -0.25) is 0 Å². The minimum Gasteiger partial charge on any atom is -0.494 e. The Labute approximate surface area is 74.7 Å². The van der Waals surface area contributed by atoms with Crippen molar-refractivity contribution in [3.8, 4) is 5.75 Å². The Morgan fingerprint density at radius 3 is 2.92 bits per heavy atom. The summed E-state index contributed by atoms with van der Waals surface area (Å²) in [4.78, 5) is 3.52. The predicted molar refractivity (Wildman–Crippen MR) is 47.6 cm³/mol. The third-order valence-electron chi connectivity index (χ3n) is 1.33. The van der Waals surface area contributed by atoms with Gasteiger partial charge in [0.15, 0.2) is 11.6 Å². The minimum absolute atomic E-state index is 0.143. The Bertz CT molecular complexity index is 334. The maximum atomic E-state index is 13.2. The van der Waals surface area contributed by atoms with Crippen LogP contribution in [0, 0.1) is 5.82 Å². The molecule has 62 valence electrons. The molecule has 0 saturated heterocycles. The summed E-state index contributed by atoms with van der Waals surface area (Å²) in [6.45, 7) is 0. The third kappa shape index (κ3) is 1.67. The SMILES string of the molecule is COc1cccc(N=C=S)c1F. The second-order valence-electron chi connectivity index (χ2n) is 2.00. The van der Waals surface area contributed by atoms with Crippen molar-refractivity contribution in [3.63, 3.8) is 0 Å². The summed E-state index contributed by atoms with van der Waals surface area (Å²) < 4.78 is 17.9. The number of methoxy groups -OCH3 is 1. The fourth-order valence-electron chi connectivity index (χ4n) is 0.792. The van der Waals surface area contributed by atoms with E-state index in [2.05, 4.69) is 22.4 Å². The Kier molecular flexibility index (Phi) is 2.91. The molecule has 0 aliphatic rings. The highest BCUT2D eigenvalue weighted by atomic mass is 32.1. The van der Waals surface area contributed by atoms with Crippen LogP contribution < -0.4 is 4.74 Å². The molecule has 0 bridgehead atoms. The van der Waals surface area contributed by atoms with Crippen molar-refractivity contribution in [2.75, 3.05) is 7.11 Å². The van der Waals surface area contributed by atoms with Crippen LogP contribution in [0.1, 0.15) is 0 Å². The number of aliphatic imine (C=N–C) groups is 1. The Morgan fingerprint density at radius 2 is 2.33 bits per heavy atom. The van der Waals surface area contributed by atoms with Crippen LogP contribution in [0.3, 0.4) is 0 Å². The molecule has 0 spiro atoms. The molecule has 1 aromatic carbocycles. The van der Waals surface area contributed by atoms with Gasteiger partial charge in [0.2, 0.25) is 0 Å². The van der Waals surface area contributed by atoms with Crippen LogP contribution in [-0.4, -0.2) is 12.3 Å². The van der Waals surface area contributed by atoms with Crippen molar-refractivity contribution < 1.29 is 9.13 Å². The van der Waals surface area contributed by atoms with E-state index in [0.717, 1.165) is 0 Å². The van der Waals surface area contributed by atoms with Crippen molar-refractivity contribution in [1.82, 2.24) is 0 Å². The lowest BCUT2D eigenvalue weighted by atomic mass is 10.3. The van der Waals surface area contributed by atoms with E-state index in [0.29, 0.717) is 0 Å². The van der Waals surface area contributed by atoms with Crippen LogP contribution in [0.2, 0.25) is 0 Å². The fourth-order valence-corrected chi connectivity index (χ4v) is 0.891. The number of hydrogen-bond donors (Lipinski definition) is 0. The molecule has 0 N–H and O–H groups in total. The van der Waals surface area contributed by atoms with Crippen LogP contribution in [0.5, 0.6) is 5.75 Å². The second-order valence-corrected chi connectivity index (χ2v) is 2.18. The first-order chi connectivity index (χ1) is 5.79. The van der Waals surface area contributed by atoms with Gasteiger partial charge in [0.1, 0.15) is 5.69 Å². The summed E-state index contributed by atoms with van der Waals surface area (Å²) in [5.74, 6) is -0.362. The van der Waals surface area contributed by atoms with Crippen LogP contribution in [0.15, 0.2) is 23.2 Å². The number of nitrogens with zero attached hydrogens (tertiary/aromatic N) is 1. The lowest BCUT2D eigenvalue weighted by Gasteiger charge is -2.01. The van der Waals surface area contributed by atoms with E-state index in [1.165, 1.54) is 19.2 Å². The van der Waals surface area contributed by atoms with E-state index < -0.39 is 5.82 Å². The molecule has 0 aliphatic carbocycles. The summed E-state index contributed by atoms with van der Waals surface area (Å²) in [5.41, 5.74) is 0.143. The predicted octanol–water partition coefficient (Wildman–Crippen LogP) is 2.57. The molecule has 0 fully saturated rings. The lowest BCUT2D eigenvalue weighted by Crippen LogP contribution is -1.86. The Hall–Kier alpha value is -1.25. The first kappa shape index (κ1) is 8.84. The van der Waals surface area contributed by atoms with Gasteiger partial charge in [-0.05, 0) is 24.4 Å². The maximum Gasteiger partial charge on any atom is 0.191 e. The number of rotatable bonds is 2. The zero-order valence-corrected chi connectivity index (χ0v) is 7.19. The standard InChI is InChI=1S/C8H6FNOS/c1-11-7-4-2-3-6(8(7)9)10-5-12/h2-4H,1H3. The zero-order chi connectivity index (χ0) is 8.97. The number of benzene rings is 1. The molecule has 0 radical (unpaired) electrons. The van der Waals surface area contributed by atoms with Gasteiger partial charge >= 0.3 is 0 Å². The number of isothiocyanates is 1. The normalized spacial score (nSPS) is 8.83. The molecule has 1 aromatic rings. The number of ether oxygens (including phenoxy) is 1. The van der Waals surface area contributed by atoms with Gasteiger partial charge in [-0.15, -0.1) is 0 Å². The number of hydrogen-bond acceptors (Lipinski definition) is 3. The highest BCUT2D eigenvalue weighted by molar-refractivity contribution is 7.78. The summed E-state index contributed by atoms with van der Waals surface area (Å²) in [5, 5.41) is 2.09. The smallest absolute Gasteiger partial charge is 0.191 e. The fraction of sp³-hybridized carbons (Fsp3) is 0.125. The third-order valence-corrected chi connectivity index (χ3v) is 1.42. The van der Waals surface area contributed by atoms with Crippen molar-refractivity contribution in [3.05, 3.63) is 24.0 Å². The summed E-state index contributed by atoms with van der Waals surface area (Å²) >= 11 is 4.35. The van der Waals surface area contributed by atoms with E-state index in [4.69, 9.17) is 4.74 Å². The van der Waals surface area contributed by atoms with Crippen LogP contribution in [-0.2, 0) is 0 Å². The molecule has 0 unspecified atom stereocenters. The summed E-state index contributed by atoms with van der Waals surface area (Å²) in [6, 6.07) is 4.64. The monoisotopic (exact) mass is 183 g/mol. The average Bonchev–Trinajstić information content (AvgIpc) is 2.09. The van der Waals surface area contributed by atoms with E-state index in [1.54, 1.807) is 6.07 Å². The molecule has 0 amide bonds. The van der Waals surface area contributed by atoms with Crippen LogP contribution >= 0.6 is 12.2 Å². The lowest BCUT2D eigenvalue weighted by molar-refractivity contribution is 0.387. The van der Waals surface area contributed by atoms with Gasteiger partial charge in [0, 0.05) is 0 Å². The van der Waals surface area contributed by atoms with E-state index >= 15 is 0 Å². The van der Waals surface area contributed by atoms with E-state index in [-0.39, 0.29) is 11.4 Å². The van der Waals surface area contributed by atoms with Gasteiger partial charge in [-0.25, -0.2) is 4.39 Å². The van der Waals surface area contributed by atoms with E-state index in [9.17, 15) is 4.39 Å². The van der Waals surface area contributed by atoms with Crippen LogP contribution in [0.4, 0.5) is 10.1 Å². The van der Waals surface area contributed by atoms with Gasteiger partial charge in [0.25, 0.3) is 0 Å². The molecule has 0 saturated carbocycles. The van der Waals surface area contributed by atoms with Crippen LogP contribution in [0.25, 0.3) is 0 Å². The van der Waals surface area contributed by atoms with Crippen molar-refractivity contribution >= 4 is 23.1 Å². The Balaban J connectivity index is 3.22. The molecule has 12 heavy (non-hydrogen) atoms. The molecular weight excluding hydrogens is 177 g/mol. The van der Waals surface area contributed by atoms with Crippen molar-refractivity contribution in [2.45, 2.75) is 0 Å². The Morgan fingerprint density at radius 1 is 1.58 bits per heavy atom. The molecule has 0 atom stereocenters. The molecule has 0 aromatic heterocycles. The van der Waals surface area contributed by atoms with Crippen molar-refractivity contribution in [2.24, 2.45) is 4.99 Å². The zero-order valence-electron chi connectivity index (χ0n) is 6.37. The molecule has 0 aliphatic heterocycles.